The van der Waals surface area contributed by atoms with Crippen molar-refractivity contribution in [2.75, 3.05) is 14.2 Å². The second-order valence-corrected chi connectivity index (χ2v) is 4.90. The summed E-state index contributed by atoms with van der Waals surface area (Å²) in [6, 6.07) is 9.34. The molecule has 0 spiro atoms. The summed E-state index contributed by atoms with van der Waals surface area (Å²) in [5, 5.41) is 0. The maximum absolute atomic E-state index is 12.0. The molecule has 0 bridgehead atoms. The number of ether oxygens (including phenoxy) is 1. The molecule has 0 saturated heterocycles. The Morgan fingerprint density at radius 1 is 1.33 bits per heavy atom. The molecule has 0 N–H and O–H groups in total. The van der Waals surface area contributed by atoms with Gasteiger partial charge in [0.2, 0.25) is 5.91 Å². The van der Waals surface area contributed by atoms with E-state index in [9.17, 15) is 9.59 Å². The standard InChI is InChI=1S/C17H23NO3/c1-4-5-11-16(19)18(2)15(17(20)21-3)13-12-14-9-7-6-8-10-14/h4,6-10,15H,1,5,11-13H2,2-3H3/t15-/m0/s1. The minimum Gasteiger partial charge on any atom is -0.467 e. The van der Waals surface area contributed by atoms with Crippen LogP contribution < -0.4 is 0 Å². The molecule has 4 nitrogen and oxygen atoms in total. The molecule has 0 heterocycles. The Morgan fingerprint density at radius 2 is 2.00 bits per heavy atom. The summed E-state index contributed by atoms with van der Waals surface area (Å²) >= 11 is 0. The summed E-state index contributed by atoms with van der Waals surface area (Å²) in [6.45, 7) is 3.60. The van der Waals surface area contributed by atoms with Gasteiger partial charge in [-0.3, -0.25) is 4.79 Å². The van der Waals surface area contributed by atoms with Crippen LogP contribution in [0.4, 0.5) is 0 Å². The lowest BCUT2D eigenvalue weighted by Gasteiger charge is -2.26. The summed E-state index contributed by atoms with van der Waals surface area (Å²) in [7, 11) is 3.00. The van der Waals surface area contributed by atoms with Gasteiger partial charge >= 0.3 is 5.97 Å². The van der Waals surface area contributed by atoms with E-state index >= 15 is 0 Å². The van der Waals surface area contributed by atoms with Crippen molar-refractivity contribution in [3.63, 3.8) is 0 Å². The van der Waals surface area contributed by atoms with Crippen molar-refractivity contribution in [2.45, 2.75) is 31.7 Å². The van der Waals surface area contributed by atoms with Crippen LogP contribution in [-0.4, -0.2) is 37.0 Å². The molecule has 0 aliphatic heterocycles. The Balaban J connectivity index is 2.69. The van der Waals surface area contributed by atoms with Gasteiger partial charge in [0.25, 0.3) is 0 Å². The van der Waals surface area contributed by atoms with Crippen molar-refractivity contribution < 1.29 is 14.3 Å². The first kappa shape index (κ1) is 17.0. The molecule has 0 saturated carbocycles. The highest BCUT2D eigenvalue weighted by molar-refractivity contribution is 5.84. The molecule has 0 aliphatic rings. The number of amides is 1. The smallest absolute Gasteiger partial charge is 0.328 e. The summed E-state index contributed by atoms with van der Waals surface area (Å²) < 4.78 is 4.82. The molecule has 1 aromatic rings. The van der Waals surface area contributed by atoms with E-state index in [-0.39, 0.29) is 11.9 Å². The third kappa shape index (κ3) is 5.42. The SMILES string of the molecule is C=CCCC(=O)N(C)[C@@H](CCc1ccccc1)C(=O)OC. The number of aryl methyl sites for hydroxylation is 1. The Kier molecular flexibility index (Phi) is 7.23. The first-order chi connectivity index (χ1) is 10.1. The third-order valence-electron chi connectivity index (χ3n) is 3.45. The van der Waals surface area contributed by atoms with Crippen molar-refractivity contribution in [3.05, 3.63) is 48.6 Å². The van der Waals surface area contributed by atoms with Gasteiger partial charge in [0, 0.05) is 13.5 Å². The summed E-state index contributed by atoms with van der Waals surface area (Å²) in [5.74, 6) is -0.446. The zero-order valence-electron chi connectivity index (χ0n) is 12.7. The number of carbonyl (C=O) groups excluding carboxylic acids is 2. The number of rotatable bonds is 8. The lowest BCUT2D eigenvalue weighted by atomic mass is 10.0. The quantitative estimate of drug-likeness (QED) is 0.546. The van der Waals surface area contributed by atoms with Crippen molar-refractivity contribution in [3.8, 4) is 0 Å². The lowest BCUT2D eigenvalue weighted by molar-refractivity contribution is -0.152. The van der Waals surface area contributed by atoms with Crippen LogP contribution in [0, 0.1) is 0 Å². The van der Waals surface area contributed by atoms with Gasteiger partial charge in [-0.1, -0.05) is 36.4 Å². The minimum absolute atomic E-state index is 0.0710. The number of nitrogens with zero attached hydrogens (tertiary/aromatic N) is 1. The van der Waals surface area contributed by atoms with Crippen LogP contribution in [0.3, 0.4) is 0 Å². The fourth-order valence-electron chi connectivity index (χ4n) is 2.13. The number of likely N-dealkylation sites (N-methyl/N-ethyl adjacent to an activating group) is 1. The number of methoxy groups -OCH3 is 1. The van der Waals surface area contributed by atoms with Crippen molar-refractivity contribution in [1.82, 2.24) is 4.90 Å². The highest BCUT2D eigenvalue weighted by Crippen LogP contribution is 2.12. The van der Waals surface area contributed by atoms with Crippen LogP contribution >= 0.6 is 0 Å². The molecule has 1 rings (SSSR count). The zero-order valence-corrected chi connectivity index (χ0v) is 12.7. The lowest BCUT2D eigenvalue weighted by Crippen LogP contribution is -2.43. The second-order valence-electron chi connectivity index (χ2n) is 4.90. The normalized spacial score (nSPS) is 11.5. The summed E-state index contributed by atoms with van der Waals surface area (Å²) in [5.41, 5.74) is 1.14. The highest BCUT2D eigenvalue weighted by atomic mass is 16.5. The van der Waals surface area contributed by atoms with E-state index in [0.717, 1.165) is 12.0 Å². The minimum atomic E-state index is -0.549. The van der Waals surface area contributed by atoms with Gasteiger partial charge in [-0.25, -0.2) is 4.79 Å². The van der Waals surface area contributed by atoms with Crippen LogP contribution in [0.1, 0.15) is 24.8 Å². The van der Waals surface area contributed by atoms with Gasteiger partial charge in [0.05, 0.1) is 7.11 Å². The summed E-state index contributed by atoms with van der Waals surface area (Å²) in [6.07, 6.45) is 3.93. The van der Waals surface area contributed by atoms with Crippen LogP contribution in [0.2, 0.25) is 0 Å². The van der Waals surface area contributed by atoms with E-state index in [1.54, 1.807) is 13.1 Å². The van der Waals surface area contributed by atoms with Crippen molar-refractivity contribution in [1.29, 1.82) is 0 Å². The molecule has 1 amide bonds. The number of carbonyl (C=O) groups is 2. The number of esters is 1. The Hall–Kier alpha value is -2.10. The molecular formula is C17H23NO3. The number of hydrogen-bond acceptors (Lipinski definition) is 3. The third-order valence-corrected chi connectivity index (χ3v) is 3.45. The fourth-order valence-corrected chi connectivity index (χ4v) is 2.13. The van der Waals surface area contributed by atoms with Crippen LogP contribution in [-0.2, 0) is 20.7 Å². The number of allylic oxidation sites excluding steroid dienone is 1. The maximum atomic E-state index is 12.0. The van der Waals surface area contributed by atoms with Crippen molar-refractivity contribution >= 4 is 11.9 Å². The van der Waals surface area contributed by atoms with Crippen LogP contribution in [0.25, 0.3) is 0 Å². The molecule has 0 aromatic heterocycles. The van der Waals surface area contributed by atoms with E-state index < -0.39 is 6.04 Å². The number of benzene rings is 1. The molecule has 0 fully saturated rings. The average Bonchev–Trinajstić information content (AvgIpc) is 2.53. The predicted octanol–water partition coefficient (Wildman–Crippen LogP) is 2.59. The van der Waals surface area contributed by atoms with Gasteiger partial charge in [0.15, 0.2) is 0 Å². The van der Waals surface area contributed by atoms with E-state index in [0.29, 0.717) is 19.3 Å². The molecular weight excluding hydrogens is 266 g/mol. The average molecular weight is 289 g/mol. The molecule has 1 aromatic carbocycles. The molecule has 1 atom stereocenters. The van der Waals surface area contributed by atoms with Crippen LogP contribution in [0.5, 0.6) is 0 Å². The molecule has 4 heteroatoms. The topological polar surface area (TPSA) is 46.6 Å². The van der Waals surface area contributed by atoms with Gasteiger partial charge < -0.3 is 9.64 Å². The molecule has 114 valence electrons. The zero-order chi connectivity index (χ0) is 15.7. The molecule has 0 aliphatic carbocycles. The van der Waals surface area contributed by atoms with E-state index in [1.807, 2.05) is 30.3 Å². The van der Waals surface area contributed by atoms with Gasteiger partial charge in [0.1, 0.15) is 6.04 Å². The fraction of sp³-hybridized carbons (Fsp3) is 0.412. The van der Waals surface area contributed by atoms with Crippen molar-refractivity contribution in [2.24, 2.45) is 0 Å². The van der Waals surface area contributed by atoms with E-state index in [4.69, 9.17) is 4.74 Å². The number of hydrogen-bond donors (Lipinski definition) is 0. The monoisotopic (exact) mass is 289 g/mol. The molecule has 0 radical (unpaired) electrons. The predicted molar refractivity (Wildman–Crippen MR) is 82.8 cm³/mol. The first-order valence-corrected chi connectivity index (χ1v) is 7.08. The molecule has 0 unspecified atom stereocenters. The van der Waals surface area contributed by atoms with Gasteiger partial charge in [-0.15, -0.1) is 6.58 Å². The van der Waals surface area contributed by atoms with Gasteiger partial charge in [-0.05, 0) is 24.8 Å². The van der Waals surface area contributed by atoms with Crippen LogP contribution in [0.15, 0.2) is 43.0 Å². The largest absolute Gasteiger partial charge is 0.467 e. The van der Waals surface area contributed by atoms with E-state index in [2.05, 4.69) is 6.58 Å². The van der Waals surface area contributed by atoms with E-state index in [1.165, 1.54) is 12.0 Å². The highest BCUT2D eigenvalue weighted by Gasteiger charge is 2.26. The Morgan fingerprint density at radius 3 is 2.57 bits per heavy atom. The molecule has 21 heavy (non-hydrogen) atoms. The first-order valence-electron chi connectivity index (χ1n) is 7.08. The van der Waals surface area contributed by atoms with Gasteiger partial charge in [-0.2, -0.15) is 0 Å². The Bertz CT molecular complexity index is 470. The second kappa shape index (κ2) is 8.95. The Labute approximate surface area is 126 Å². The maximum Gasteiger partial charge on any atom is 0.328 e. The summed E-state index contributed by atoms with van der Waals surface area (Å²) in [4.78, 5) is 25.4.